The zero-order chi connectivity index (χ0) is 14.8. The molecule has 3 heteroatoms. The van der Waals surface area contributed by atoms with E-state index in [2.05, 4.69) is 31.3 Å². The van der Waals surface area contributed by atoms with E-state index < -0.39 is 0 Å². The van der Waals surface area contributed by atoms with Gasteiger partial charge in [0.1, 0.15) is 5.75 Å². The summed E-state index contributed by atoms with van der Waals surface area (Å²) in [4.78, 5) is 0. The van der Waals surface area contributed by atoms with Gasteiger partial charge in [-0.1, -0.05) is 32.4 Å². The molecule has 1 rings (SSSR count). The van der Waals surface area contributed by atoms with E-state index in [9.17, 15) is 0 Å². The average Bonchev–Trinajstić information content (AvgIpc) is 2.49. The summed E-state index contributed by atoms with van der Waals surface area (Å²) in [5.74, 6) is 0.918. The summed E-state index contributed by atoms with van der Waals surface area (Å²) in [7, 11) is 3.52. The lowest BCUT2D eigenvalue weighted by atomic mass is 9.98. The molecule has 0 saturated carbocycles. The van der Waals surface area contributed by atoms with Gasteiger partial charge in [-0.2, -0.15) is 0 Å². The van der Waals surface area contributed by atoms with Crippen molar-refractivity contribution >= 4 is 0 Å². The Morgan fingerprint density at radius 2 is 1.95 bits per heavy atom. The van der Waals surface area contributed by atoms with Crippen molar-refractivity contribution in [2.24, 2.45) is 0 Å². The summed E-state index contributed by atoms with van der Waals surface area (Å²) >= 11 is 0. The lowest BCUT2D eigenvalue weighted by Gasteiger charge is -2.27. The molecule has 0 aromatic heterocycles. The van der Waals surface area contributed by atoms with E-state index >= 15 is 0 Å². The third-order valence-corrected chi connectivity index (χ3v) is 3.57. The predicted molar refractivity (Wildman–Crippen MR) is 84.5 cm³/mol. The van der Waals surface area contributed by atoms with Crippen LogP contribution in [0.5, 0.6) is 5.75 Å². The monoisotopic (exact) mass is 279 g/mol. The van der Waals surface area contributed by atoms with Crippen LogP contribution in [0.1, 0.15) is 38.7 Å². The molecule has 0 fully saturated rings. The molecule has 0 amide bonds. The Morgan fingerprint density at radius 1 is 1.15 bits per heavy atom. The number of rotatable bonds is 10. The number of methoxy groups -OCH3 is 2. The largest absolute Gasteiger partial charge is 0.497 e. The molecule has 0 radical (unpaired) electrons. The first-order valence-corrected chi connectivity index (χ1v) is 7.64. The van der Waals surface area contributed by atoms with E-state index in [4.69, 9.17) is 9.47 Å². The molecule has 2 atom stereocenters. The minimum Gasteiger partial charge on any atom is -0.497 e. The van der Waals surface area contributed by atoms with Crippen molar-refractivity contribution < 1.29 is 9.47 Å². The molecule has 1 aromatic rings. The van der Waals surface area contributed by atoms with E-state index in [1.165, 1.54) is 5.56 Å². The molecule has 0 spiro atoms. The molecule has 0 aliphatic rings. The van der Waals surface area contributed by atoms with Crippen molar-refractivity contribution in [3.63, 3.8) is 0 Å². The molecule has 1 aromatic carbocycles. The maximum Gasteiger partial charge on any atom is 0.119 e. The van der Waals surface area contributed by atoms with E-state index in [0.717, 1.165) is 38.0 Å². The fourth-order valence-corrected chi connectivity index (χ4v) is 2.49. The van der Waals surface area contributed by atoms with Crippen molar-refractivity contribution in [2.75, 3.05) is 20.8 Å². The van der Waals surface area contributed by atoms with Gasteiger partial charge < -0.3 is 14.8 Å². The third-order valence-electron chi connectivity index (χ3n) is 3.57. The second kappa shape index (κ2) is 9.78. The molecule has 0 saturated heterocycles. The molecule has 114 valence electrons. The molecule has 1 N–H and O–H groups in total. The van der Waals surface area contributed by atoms with Gasteiger partial charge in [0, 0.05) is 13.2 Å². The van der Waals surface area contributed by atoms with E-state index in [0.29, 0.717) is 6.04 Å². The lowest BCUT2D eigenvalue weighted by molar-refractivity contribution is 0.0609. The molecule has 0 aliphatic heterocycles. The van der Waals surface area contributed by atoms with Crippen LogP contribution in [0.15, 0.2) is 24.3 Å². The van der Waals surface area contributed by atoms with Gasteiger partial charge in [0.05, 0.1) is 13.2 Å². The standard InChI is InChI=1S/C17H29NO2/c1-5-8-17(20-4)16(18-11-6-2)13-14-9-7-10-15(12-14)19-3/h7,9-10,12,16-18H,5-6,8,11,13H2,1-4H3. The Hall–Kier alpha value is -1.06. The van der Waals surface area contributed by atoms with E-state index in [-0.39, 0.29) is 6.10 Å². The first kappa shape index (κ1) is 17.0. The first-order valence-electron chi connectivity index (χ1n) is 7.64. The highest BCUT2D eigenvalue weighted by atomic mass is 16.5. The van der Waals surface area contributed by atoms with Gasteiger partial charge in [0.25, 0.3) is 0 Å². The van der Waals surface area contributed by atoms with Crippen LogP contribution in [-0.2, 0) is 11.2 Å². The minimum atomic E-state index is 0.262. The summed E-state index contributed by atoms with van der Waals surface area (Å²) in [5.41, 5.74) is 1.29. The Kier molecular flexibility index (Phi) is 8.31. The predicted octanol–water partition coefficient (Wildman–Crippen LogP) is 3.42. The van der Waals surface area contributed by atoms with Gasteiger partial charge in [-0.3, -0.25) is 0 Å². The van der Waals surface area contributed by atoms with Gasteiger partial charge in [-0.15, -0.1) is 0 Å². The Labute approximate surface area is 123 Å². The van der Waals surface area contributed by atoms with E-state index in [1.807, 2.05) is 19.2 Å². The number of ether oxygens (including phenoxy) is 2. The quantitative estimate of drug-likeness (QED) is 0.712. The van der Waals surface area contributed by atoms with Crippen molar-refractivity contribution in [2.45, 2.75) is 51.7 Å². The molecule has 2 unspecified atom stereocenters. The van der Waals surface area contributed by atoms with Crippen molar-refractivity contribution in [3.8, 4) is 5.75 Å². The molecule has 0 bridgehead atoms. The second-order valence-electron chi connectivity index (χ2n) is 5.18. The summed E-state index contributed by atoms with van der Waals surface area (Å²) in [6.07, 6.45) is 4.59. The molecular weight excluding hydrogens is 250 g/mol. The van der Waals surface area contributed by atoms with Crippen LogP contribution in [0.3, 0.4) is 0 Å². The highest BCUT2D eigenvalue weighted by molar-refractivity contribution is 5.29. The highest BCUT2D eigenvalue weighted by Gasteiger charge is 2.20. The number of nitrogens with one attached hydrogen (secondary N) is 1. The zero-order valence-electron chi connectivity index (χ0n) is 13.3. The molecular formula is C17H29NO2. The zero-order valence-corrected chi connectivity index (χ0v) is 13.3. The van der Waals surface area contributed by atoms with Gasteiger partial charge in [-0.05, 0) is 43.5 Å². The summed E-state index contributed by atoms with van der Waals surface area (Å²) in [5, 5.41) is 3.63. The van der Waals surface area contributed by atoms with Gasteiger partial charge in [0.2, 0.25) is 0 Å². The maximum atomic E-state index is 5.68. The molecule has 0 aliphatic carbocycles. The molecule has 3 nitrogen and oxygen atoms in total. The summed E-state index contributed by atoms with van der Waals surface area (Å²) < 4.78 is 11.0. The molecule has 20 heavy (non-hydrogen) atoms. The maximum absolute atomic E-state index is 5.68. The van der Waals surface area contributed by atoms with Crippen LogP contribution >= 0.6 is 0 Å². The lowest BCUT2D eigenvalue weighted by Crippen LogP contribution is -2.43. The second-order valence-corrected chi connectivity index (χ2v) is 5.18. The topological polar surface area (TPSA) is 30.5 Å². The fourth-order valence-electron chi connectivity index (χ4n) is 2.49. The number of hydrogen-bond acceptors (Lipinski definition) is 3. The number of hydrogen-bond donors (Lipinski definition) is 1. The van der Waals surface area contributed by atoms with Crippen molar-refractivity contribution in [1.29, 1.82) is 0 Å². The van der Waals surface area contributed by atoms with Gasteiger partial charge in [-0.25, -0.2) is 0 Å². The van der Waals surface area contributed by atoms with Gasteiger partial charge >= 0.3 is 0 Å². The summed E-state index contributed by atoms with van der Waals surface area (Å²) in [6.45, 7) is 5.42. The Morgan fingerprint density at radius 3 is 2.55 bits per heavy atom. The number of benzene rings is 1. The average molecular weight is 279 g/mol. The van der Waals surface area contributed by atoms with Crippen LogP contribution < -0.4 is 10.1 Å². The third kappa shape index (κ3) is 5.51. The van der Waals surface area contributed by atoms with Crippen LogP contribution in [0.4, 0.5) is 0 Å². The normalized spacial score (nSPS) is 14.0. The van der Waals surface area contributed by atoms with Gasteiger partial charge in [0.15, 0.2) is 0 Å². The SMILES string of the molecule is CCCNC(Cc1cccc(OC)c1)C(CCC)OC. The fraction of sp³-hybridized carbons (Fsp3) is 0.647. The van der Waals surface area contributed by atoms with Crippen LogP contribution in [0.2, 0.25) is 0 Å². The Bertz CT molecular complexity index is 368. The molecule has 0 heterocycles. The smallest absolute Gasteiger partial charge is 0.119 e. The van der Waals surface area contributed by atoms with Crippen LogP contribution in [0, 0.1) is 0 Å². The minimum absolute atomic E-state index is 0.262. The van der Waals surface area contributed by atoms with Crippen LogP contribution in [0.25, 0.3) is 0 Å². The first-order chi connectivity index (χ1) is 9.74. The van der Waals surface area contributed by atoms with Crippen LogP contribution in [-0.4, -0.2) is 32.9 Å². The van der Waals surface area contributed by atoms with E-state index in [1.54, 1.807) is 7.11 Å². The summed E-state index contributed by atoms with van der Waals surface area (Å²) in [6, 6.07) is 8.65. The highest BCUT2D eigenvalue weighted by Crippen LogP contribution is 2.17. The Balaban J connectivity index is 2.75. The van der Waals surface area contributed by atoms with Crippen molar-refractivity contribution in [3.05, 3.63) is 29.8 Å². The van der Waals surface area contributed by atoms with Crippen molar-refractivity contribution in [1.82, 2.24) is 5.32 Å².